The van der Waals surface area contributed by atoms with E-state index >= 15 is 0 Å². The quantitative estimate of drug-likeness (QED) is 0.772. The Labute approximate surface area is 143 Å². The van der Waals surface area contributed by atoms with E-state index in [0.717, 1.165) is 12.0 Å². The van der Waals surface area contributed by atoms with Gasteiger partial charge in [-0.15, -0.1) is 0 Å². The lowest BCUT2D eigenvalue weighted by molar-refractivity contribution is 0.0699. The molecule has 25 heavy (non-hydrogen) atoms. The van der Waals surface area contributed by atoms with Crippen LogP contribution < -0.4 is 9.47 Å². The number of carbonyl (C=O) groups is 1. The third-order valence-electron chi connectivity index (χ3n) is 4.24. The van der Waals surface area contributed by atoms with Crippen molar-refractivity contribution in [1.29, 1.82) is 0 Å². The zero-order valence-corrected chi connectivity index (χ0v) is 13.9. The lowest BCUT2D eigenvalue weighted by Crippen LogP contribution is -2.01. The molecule has 0 unspecified atom stereocenters. The first-order valence-corrected chi connectivity index (χ1v) is 8.02. The number of carboxylic acid groups (broad SMARTS) is 1. The van der Waals surface area contributed by atoms with Crippen LogP contribution in [0.5, 0.6) is 11.5 Å². The van der Waals surface area contributed by atoms with Gasteiger partial charge >= 0.3 is 5.97 Å². The molecule has 1 aromatic carbocycles. The Bertz CT molecular complexity index is 994. The number of fused-ring (bicyclic) bond motifs is 2. The Kier molecular flexibility index (Phi) is 3.56. The summed E-state index contributed by atoms with van der Waals surface area (Å²) >= 11 is 0. The van der Waals surface area contributed by atoms with Crippen molar-refractivity contribution in [1.82, 2.24) is 14.8 Å². The predicted octanol–water partition coefficient (Wildman–Crippen LogP) is 2.80. The van der Waals surface area contributed by atoms with Gasteiger partial charge in [-0.25, -0.2) is 9.78 Å². The van der Waals surface area contributed by atoms with E-state index in [2.05, 4.69) is 10.1 Å². The van der Waals surface area contributed by atoms with E-state index < -0.39 is 5.97 Å². The molecular weight excluding hydrogens is 322 g/mol. The minimum atomic E-state index is -1.00. The second kappa shape index (κ2) is 5.77. The van der Waals surface area contributed by atoms with Crippen LogP contribution in [0.1, 0.15) is 22.5 Å². The average molecular weight is 339 g/mol. The van der Waals surface area contributed by atoms with Gasteiger partial charge in [-0.1, -0.05) is 0 Å². The molecule has 0 amide bonds. The minimum Gasteiger partial charge on any atom is -0.490 e. The highest BCUT2D eigenvalue weighted by molar-refractivity contribution is 6.04. The molecule has 4 rings (SSSR count). The lowest BCUT2D eigenvalue weighted by atomic mass is 10.1. The van der Waals surface area contributed by atoms with E-state index in [0.29, 0.717) is 47.1 Å². The molecule has 0 saturated carbocycles. The maximum Gasteiger partial charge on any atom is 0.336 e. The van der Waals surface area contributed by atoms with Crippen molar-refractivity contribution in [3.05, 3.63) is 35.5 Å². The van der Waals surface area contributed by atoms with Crippen LogP contribution in [0.15, 0.2) is 24.3 Å². The van der Waals surface area contributed by atoms with Gasteiger partial charge in [0.25, 0.3) is 0 Å². The molecular formula is C18H17N3O4. The van der Waals surface area contributed by atoms with Crippen molar-refractivity contribution in [3.8, 4) is 22.8 Å². The summed E-state index contributed by atoms with van der Waals surface area (Å²) in [6.45, 7) is 2.99. The summed E-state index contributed by atoms with van der Waals surface area (Å²) in [4.78, 5) is 16.4. The molecule has 0 spiro atoms. The van der Waals surface area contributed by atoms with Crippen LogP contribution in [0.4, 0.5) is 0 Å². The van der Waals surface area contributed by atoms with Crippen LogP contribution in [0.2, 0.25) is 0 Å². The van der Waals surface area contributed by atoms with Gasteiger partial charge in [0.1, 0.15) is 0 Å². The number of benzene rings is 1. The maximum absolute atomic E-state index is 11.7. The van der Waals surface area contributed by atoms with Crippen molar-refractivity contribution >= 4 is 17.0 Å². The molecule has 2 aromatic heterocycles. The number of aryl methyl sites for hydroxylation is 2. The second-order valence-electron chi connectivity index (χ2n) is 5.98. The highest BCUT2D eigenvalue weighted by Gasteiger charge is 2.19. The molecule has 0 aliphatic carbocycles. The minimum absolute atomic E-state index is 0.192. The lowest BCUT2D eigenvalue weighted by Gasteiger charge is -2.10. The molecule has 7 heteroatoms. The Hall–Kier alpha value is -3.09. The van der Waals surface area contributed by atoms with Crippen LogP contribution in [0.3, 0.4) is 0 Å². The van der Waals surface area contributed by atoms with Crippen molar-refractivity contribution < 1.29 is 19.4 Å². The fraction of sp³-hybridized carbons (Fsp3) is 0.278. The molecule has 0 atom stereocenters. The SMILES string of the molecule is Cc1nn(C)c2nc(-c3ccc4c(c3)OCCCO4)cc(C(=O)O)c12. The van der Waals surface area contributed by atoms with Crippen LogP contribution >= 0.6 is 0 Å². The zero-order chi connectivity index (χ0) is 17.6. The van der Waals surface area contributed by atoms with Gasteiger partial charge in [0.05, 0.1) is 35.6 Å². The second-order valence-corrected chi connectivity index (χ2v) is 5.98. The van der Waals surface area contributed by atoms with E-state index in [4.69, 9.17) is 9.47 Å². The van der Waals surface area contributed by atoms with Crippen molar-refractivity contribution in [2.24, 2.45) is 7.05 Å². The molecule has 3 aromatic rings. The monoisotopic (exact) mass is 339 g/mol. The fourth-order valence-electron chi connectivity index (χ4n) is 3.08. The van der Waals surface area contributed by atoms with Gasteiger partial charge in [0.15, 0.2) is 17.1 Å². The summed E-state index contributed by atoms with van der Waals surface area (Å²) in [6.07, 6.45) is 0.825. The molecule has 3 heterocycles. The number of nitrogens with zero attached hydrogens (tertiary/aromatic N) is 3. The average Bonchev–Trinajstić information content (AvgIpc) is 2.77. The Morgan fingerprint density at radius 2 is 1.96 bits per heavy atom. The number of aromatic nitrogens is 3. The smallest absolute Gasteiger partial charge is 0.336 e. The molecule has 128 valence electrons. The van der Waals surface area contributed by atoms with E-state index in [-0.39, 0.29) is 5.56 Å². The first-order valence-electron chi connectivity index (χ1n) is 8.02. The van der Waals surface area contributed by atoms with Crippen molar-refractivity contribution in [2.75, 3.05) is 13.2 Å². The topological polar surface area (TPSA) is 86.5 Å². The number of pyridine rings is 1. The molecule has 0 radical (unpaired) electrons. The van der Waals surface area contributed by atoms with Crippen molar-refractivity contribution in [2.45, 2.75) is 13.3 Å². The van der Waals surface area contributed by atoms with E-state index in [9.17, 15) is 9.90 Å². The molecule has 1 aliphatic rings. The highest BCUT2D eigenvalue weighted by atomic mass is 16.5. The Morgan fingerprint density at radius 3 is 2.72 bits per heavy atom. The highest BCUT2D eigenvalue weighted by Crippen LogP contribution is 2.35. The van der Waals surface area contributed by atoms with Gasteiger partial charge in [0, 0.05) is 19.0 Å². The van der Waals surface area contributed by atoms with Gasteiger partial charge in [-0.3, -0.25) is 4.68 Å². The molecule has 7 nitrogen and oxygen atoms in total. The molecule has 0 bridgehead atoms. The van der Waals surface area contributed by atoms with Crippen molar-refractivity contribution in [3.63, 3.8) is 0 Å². The van der Waals surface area contributed by atoms with Crippen LogP contribution in [0, 0.1) is 6.92 Å². The predicted molar refractivity (Wildman–Crippen MR) is 91.2 cm³/mol. The molecule has 1 aliphatic heterocycles. The van der Waals surface area contributed by atoms with E-state index in [1.54, 1.807) is 24.7 Å². The van der Waals surface area contributed by atoms with Gasteiger partial charge in [-0.2, -0.15) is 5.10 Å². The first kappa shape index (κ1) is 15.4. The van der Waals surface area contributed by atoms with E-state index in [1.165, 1.54) is 0 Å². The third-order valence-corrected chi connectivity index (χ3v) is 4.24. The maximum atomic E-state index is 11.7. The summed E-state index contributed by atoms with van der Waals surface area (Å²) < 4.78 is 13.0. The standard InChI is InChI=1S/C18H17N3O4/c1-10-16-12(18(22)23)9-13(19-17(16)21(2)20-10)11-4-5-14-15(8-11)25-7-3-6-24-14/h4-5,8-9H,3,6-7H2,1-2H3,(H,22,23). The number of ether oxygens (including phenoxy) is 2. The summed E-state index contributed by atoms with van der Waals surface area (Å²) in [5, 5.41) is 14.5. The van der Waals surface area contributed by atoms with Crippen LogP contribution in [0.25, 0.3) is 22.3 Å². The normalized spacial score (nSPS) is 13.7. The number of hydrogen-bond donors (Lipinski definition) is 1. The summed E-state index contributed by atoms with van der Waals surface area (Å²) in [7, 11) is 1.76. The summed E-state index contributed by atoms with van der Waals surface area (Å²) in [5.41, 5.74) is 2.71. The number of rotatable bonds is 2. The third kappa shape index (κ3) is 2.57. The Morgan fingerprint density at radius 1 is 1.20 bits per heavy atom. The van der Waals surface area contributed by atoms with Crippen LogP contribution in [-0.4, -0.2) is 39.1 Å². The molecule has 1 N–H and O–H groups in total. The zero-order valence-electron chi connectivity index (χ0n) is 13.9. The molecule has 0 saturated heterocycles. The number of hydrogen-bond acceptors (Lipinski definition) is 5. The van der Waals surface area contributed by atoms with Gasteiger partial charge in [-0.05, 0) is 31.2 Å². The first-order chi connectivity index (χ1) is 12.0. The largest absolute Gasteiger partial charge is 0.490 e. The number of carboxylic acids is 1. The van der Waals surface area contributed by atoms with Gasteiger partial charge < -0.3 is 14.6 Å². The molecule has 0 fully saturated rings. The Balaban J connectivity index is 1.91. The summed E-state index contributed by atoms with van der Waals surface area (Å²) in [5.74, 6) is 0.339. The summed E-state index contributed by atoms with van der Waals surface area (Å²) in [6, 6.07) is 7.11. The number of aromatic carboxylic acids is 1. The fourth-order valence-corrected chi connectivity index (χ4v) is 3.08. The van der Waals surface area contributed by atoms with E-state index in [1.807, 2.05) is 18.2 Å². The van der Waals surface area contributed by atoms with Gasteiger partial charge in [0.2, 0.25) is 0 Å². The van der Waals surface area contributed by atoms with Crippen LogP contribution in [-0.2, 0) is 7.05 Å².